The molecule has 0 saturated heterocycles. The zero-order valence-electron chi connectivity index (χ0n) is 16.6. The molecule has 2 aromatic carbocycles. The first-order valence-corrected chi connectivity index (χ1v) is 9.70. The molecule has 0 atom stereocenters. The van der Waals surface area contributed by atoms with Gasteiger partial charge in [-0.2, -0.15) is 14.9 Å². The number of methoxy groups -OCH3 is 1. The molecule has 164 valence electrons. The van der Waals surface area contributed by atoms with Crippen molar-refractivity contribution in [3.05, 3.63) is 76.2 Å². The second kappa shape index (κ2) is 9.10. The van der Waals surface area contributed by atoms with Crippen LogP contribution in [-0.4, -0.2) is 34.2 Å². The molecule has 0 fully saturated rings. The fourth-order valence-electron chi connectivity index (χ4n) is 3.02. The maximum atomic E-state index is 13.2. The van der Waals surface area contributed by atoms with Crippen LogP contribution in [0.2, 0.25) is 0 Å². The summed E-state index contributed by atoms with van der Waals surface area (Å²) in [6.07, 6.45) is -1.47. The molecular formula is C21H16F2N4O4S. The number of H-pyrrole nitrogens is 1. The highest BCUT2D eigenvalue weighted by molar-refractivity contribution is 7.71. The van der Waals surface area contributed by atoms with Crippen molar-refractivity contribution >= 4 is 35.2 Å². The standard InChI is InChI=1S/C21H16F2N4O4S/c1-29-20(28)17-9-7-13(31-17)11-30-16-8-6-12-4-2-3-5-14(12)15(16)10-24-27-19(18(22)23)25-26-21(27)32/h2-10,18H,11H2,1H3,(H,26,32)/b24-10-. The van der Waals surface area contributed by atoms with Crippen molar-refractivity contribution in [2.75, 3.05) is 7.11 Å². The van der Waals surface area contributed by atoms with E-state index in [2.05, 4.69) is 20.0 Å². The van der Waals surface area contributed by atoms with Gasteiger partial charge < -0.3 is 13.9 Å². The van der Waals surface area contributed by atoms with Gasteiger partial charge >= 0.3 is 5.97 Å². The van der Waals surface area contributed by atoms with Gasteiger partial charge in [-0.25, -0.2) is 18.7 Å². The number of carbonyl (C=O) groups excluding carboxylic acids is 1. The molecule has 4 aromatic rings. The number of alkyl halides is 2. The topological polar surface area (TPSA) is 94.6 Å². The number of furan rings is 1. The molecule has 0 aliphatic carbocycles. The molecule has 0 aliphatic heterocycles. The number of nitrogens with zero attached hydrogens (tertiary/aromatic N) is 3. The molecule has 0 radical (unpaired) electrons. The van der Waals surface area contributed by atoms with Crippen LogP contribution in [-0.2, 0) is 11.3 Å². The predicted molar refractivity (Wildman–Crippen MR) is 114 cm³/mol. The first-order valence-electron chi connectivity index (χ1n) is 9.29. The van der Waals surface area contributed by atoms with Crippen LogP contribution in [0.4, 0.5) is 8.78 Å². The zero-order valence-corrected chi connectivity index (χ0v) is 17.4. The quantitative estimate of drug-likeness (QED) is 0.241. The van der Waals surface area contributed by atoms with Crippen LogP contribution < -0.4 is 4.74 Å². The van der Waals surface area contributed by atoms with Crippen LogP contribution in [0.5, 0.6) is 5.75 Å². The first-order chi connectivity index (χ1) is 15.5. The van der Waals surface area contributed by atoms with E-state index in [9.17, 15) is 13.6 Å². The summed E-state index contributed by atoms with van der Waals surface area (Å²) in [5.41, 5.74) is 0.547. The van der Waals surface area contributed by atoms with Crippen molar-refractivity contribution in [1.29, 1.82) is 0 Å². The van der Waals surface area contributed by atoms with Crippen LogP contribution in [0.15, 0.2) is 58.0 Å². The summed E-state index contributed by atoms with van der Waals surface area (Å²) >= 11 is 5.00. The van der Waals surface area contributed by atoms with Crippen molar-refractivity contribution in [2.24, 2.45) is 5.10 Å². The lowest BCUT2D eigenvalue weighted by molar-refractivity contribution is 0.0561. The summed E-state index contributed by atoms with van der Waals surface area (Å²) in [4.78, 5) is 11.6. The average Bonchev–Trinajstić information content (AvgIpc) is 3.42. The summed E-state index contributed by atoms with van der Waals surface area (Å²) < 4.78 is 43.1. The van der Waals surface area contributed by atoms with Crippen LogP contribution in [0, 0.1) is 4.77 Å². The molecule has 8 nitrogen and oxygen atoms in total. The minimum Gasteiger partial charge on any atom is -0.485 e. The summed E-state index contributed by atoms with van der Waals surface area (Å²) in [5.74, 6) is -0.308. The van der Waals surface area contributed by atoms with Gasteiger partial charge in [-0.1, -0.05) is 30.3 Å². The number of hydrogen-bond acceptors (Lipinski definition) is 7. The highest BCUT2D eigenvalue weighted by Crippen LogP contribution is 2.28. The minimum atomic E-state index is -2.86. The highest BCUT2D eigenvalue weighted by Gasteiger charge is 2.17. The average molecular weight is 458 g/mol. The maximum absolute atomic E-state index is 13.2. The Hall–Kier alpha value is -3.86. The number of esters is 1. The van der Waals surface area contributed by atoms with E-state index in [0.717, 1.165) is 15.4 Å². The van der Waals surface area contributed by atoms with Crippen LogP contribution >= 0.6 is 12.2 Å². The number of benzene rings is 2. The number of hydrogen-bond donors (Lipinski definition) is 1. The Morgan fingerprint density at radius 2 is 2.09 bits per heavy atom. The molecule has 0 aliphatic rings. The molecule has 11 heteroatoms. The smallest absolute Gasteiger partial charge is 0.373 e. The Balaban J connectivity index is 1.69. The highest BCUT2D eigenvalue weighted by atomic mass is 32.1. The summed E-state index contributed by atoms with van der Waals surface area (Å²) in [7, 11) is 1.26. The lowest BCUT2D eigenvalue weighted by atomic mass is 10.0. The van der Waals surface area contributed by atoms with E-state index in [4.69, 9.17) is 21.4 Å². The Morgan fingerprint density at radius 1 is 1.28 bits per heavy atom. The molecule has 2 heterocycles. The van der Waals surface area contributed by atoms with Gasteiger partial charge in [0.05, 0.1) is 13.3 Å². The summed E-state index contributed by atoms with van der Waals surface area (Å²) in [6.45, 7) is 0.0175. The van der Waals surface area contributed by atoms with E-state index in [1.54, 1.807) is 12.1 Å². The van der Waals surface area contributed by atoms with E-state index in [-0.39, 0.29) is 17.1 Å². The molecule has 0 saturated carbocycles. The van der Waals surface area contributed by atoms with Gasteiger partial charge in [0.2, 0.25) is 16.4 Å². The van der Waals surface area contributed by atoms with Crippen LogP contribution in [0.3, 0.4) is 0 Å². The molecule has 0 spiro atoms. The molecule has 0 amide bonds. The Morgan fingerprint density at radius 3 is 2.88 bits per heavy atom. The Bertz CT molecular complexity index is 1360. The lowest BCUT2D eigenvalue weighted by Gasteiger charge is -2.11. The number of rotatable bonds is 7. The SMILES string of the molecule is COC(=O)c1ccc(COc2ccc3ccccc3c2/C=N\n2c(C(F)F)n[nH]c2=S)o1. The number of halogens is 2. The van der Waals surface area contributed by atoms with Crippen LogP contribution in [0.25, 0.3) is 10.8 Å². The second-order valence-electron chi connectivity index (χ2n) is 6.49. The van der Waals surface area contributed by atoms with Gasteiger partial charge in [0.25, 0.3) is 6.43 Å². The van der Waals surface area contributed by atoms with E-state index in [0.29, 0.717) is 17.1 Å². The van der Waals surface area contributed by atoms with Gasteiger partial charge in [0.1, 0.15) is 18.1 Å². The number of fused-ring (bicyclic) bond motifs is 1. The van der Waals surface area contributed by atoms with Crippen LogP contribution in [0.1, 0.15) is 34.1 Å². The van der Waals surface area contributed by atoms with Gasteiger partial charge in [-0.3, -0.25) is 0 Å². The van der Waals surface area contributed by atoms with Crippen molar-refractivity contribution in [3.8, 4) is 5.75 Å². The van der Waals surface area contributed by atoms with E-state index >= 15 is 0 Å². The molecule has 0 bridgehead atoms. The van der Waals surface area contributed by atoms with Crippen molar-refractivity contribution < 1.29 is 27.5 Å². The number of ether oxygens (including phenoxy) is 2. The molecule has 0 unspecified atom stereocenters. The van der Waals surface area contributed by atoms with E-state index in [1.165, 1.54) is 19.4 Å². The predicted octanol–water partition coefficient (Wildman–Crippen LogP) is 4.87. The second-order valence-corrected chi connectivity index (χ2v) is 6.88. The van der Waals surface area contributed by atoms with E-state index in [1.807, 2.05) is 30.3 Å². The van der Waals surface area contributed by atoms with Gasteiger partial charge in [0.15, 0.2) is 0 Å². The van der Waals surface area contributed by atoms with Crippen molar-refractivity contribution in [2.45, 2.75) is 13.0 Å². The van der Waals surface area contributed by atoms with Gasteiger partial charge in [0, 0.05) is 5.56 Å². The third-order valence-electron chi connectivity index (χ3n) is 4.52. The van der Waals surface area contributed by atoms with Gasteiger partial charge in [-0.15, -0.1) is 0 Å². The molecule has 2 aromatic heterocycles. The molecular weight excluding hydrogens is 442 g/mol. The number of carbonyl (C=O) groups is 1. The normalized spacial score (nSPS) is 11.5. The Labute approximate surface area is 185 Å². The third-order valence-corrected chi connectivity index (χ3v) is 4.79. The maximum Gasteiger partial charge on any atom is 0.373 e. The van der Waals surface area contributed by atoms with E-state index < -0.39 is 18.2 Å². The van der Waals surface area contributed by atoms with Gasteiger partial charge in [-0.05, 0) is 41.2 Å². The first kappa shape index (κ1) is 21.4. The number of aromatic amines is 1. The Kier molecular flexibility index (Phi) is 6.08. The van der Waals surface area contributed by atoms with Crippen molar-refractivity contribution in [3.63, 3.8) is 0 Å². The monoisotopic (exact) mass is 458 g/mol. The summed E-state index contributed by atoms with van der Waals surface area (Å²) in [5, 5.41) is 11.6. The lowest BCUT2D eigenvalue weighted by Crippen LogP contribution is -2.02. The largest absolute Gasteiger partial charge is 0.485 e. The zero-order chi connectivity index (χ0) is 22.7. The minimum absolute atomic E-state index is 0.0175. The third kappa shape index (κ3) is 4.28. The molecule has 32 heavy (non-hydrogen) atoms. The number of aromatic nitrogens is 3. The molecule has 4 rings (SSSR count). The van der Waals surface area contributed by atoms with Crippen molar-refractivity contribution in [1.82, 2.24) is 14.9 Å². The molecule has 1 N–H and O–H groups in total. The fourth-order valence-corrected chi connectivity index (χ4v) is 3.21. The number of nitrogens with one attached hydrogen (secondary N) is 1. The summed E-state index contributed by atoms with van der Waals surface area (Å²) in [6, 6.07) is 14.2. The fraction of sp³-hybridized carbons (Fsp3) is 0.143.